The average molecular weight is 318 g/mol. The molecule has 2 saturated heterocycles. The molecule has 0 saturated carbocycles. The van der Waals surface area contributed by atoms with Gasteiger partial charge in [-0.3, -0.25) is 4.68 Å². The van der Waals surface area contributed by atoms with Crippen molar-refractivity contribution in [2.75, 3.05) is 0 Å². The van der Waals surface area contributed by atoms with Gasteiger partial charge < -0.3 is 0 Å². The molecule has 2 unspecified atom stereocenters. The summed E-state index contributed by atoms with van der Waals surface area (Å²) in [5, 5.41) is 4.35. The molecule has 0 aromatic carbocycles. The summed E-state index contributed by atoms with van der Waals surface area (Å²) in [5.41, 5.74) is 1.28. The van der Waals surface area contributed by atoms with Gasteiger partial charge in [0.2, 0.25) is 10.0 Å². The number of sulfonamides is 1. The zero-order valence-corrected chi connectivity index (χ0v) is 13.6. The molecule has 20 heavy (non-hydrogen) atoms. The van der Waals surface area contributed by atoms with Gasteiger partial charge in [0.05, 0.1) is 11.4 Å². The second-order valence-corrected chi connectivity index (χ2v) is 8.31. The molecule has 3 rings (SSSR count). The van der Waals surface area contributed by atoms with Crippen molar-refractivity contribution in [3.05, 3.63) is 11.4 Å². The van der Waals surface area contributed by atoms with Crippen molar-refractivity contribution in [1.82, 2.24) is 14.1 Å². The standard InChI is InChI=1S/C13H20ClN3O2S/c1-8-13(9(2)16(3)15-8)20(18,19)17-11-4-5-12(17)7-10(14)6-11/h10-12H,4-7H2,1-3H3. The summed E-state index contributed by atoms with van der Waals surface area (Å²) in [6.45, 7) is 3.57. The van der Waals surface area contributed by atoms with Gasteiger partial charge in [0.1, 0.15) is 4.90 Å². The first kappa shape index (κ1) is 14.4. The minimum Gasteiger partial charge on any atom is -0.271 e. The minimum atomic E-state index is -3.47. The van der Waals surface area contributed by atoms with Gasteiger partial charge in [-0.1, -0.05) is 0 Å². The summed E-state index contributed by atoms with van der Waals surface area (Å²) >= 11 is 6.24. The Morgan fingerprint density at radius 3 is 2.20 bits per heavy atom. The molecule has 0 N–H and O–H groups in total. The van der Waals surface area contributed by atoms with Crippen molar-refractivity contribution in [3.8, 4) is 0 Å². The van der Waals surface area contributed by atoms with Crippen LogP contribution in [0.2, 0.25) is 0 Å². The third kappa shape index (κ3) is 2.00. The molecule has 112 valence electrons. The molecule has 2 aliphatic rings. The van der Waals surface area contributed by atoms with Gasteiger partial charge in [0.15, 0.2) is 0 Å². The van der Waals surface area contributed by atoms with Crippen LogP contribution in [0.1, 0.15) is 37.1 Å². The number of alkyl halides is 1. The van der Waals surface area contributed by atoms with Gasteiger partial charge in [-0.2, -0.15) is 9.40 Å². The van der Waals surface area contributed by atoms with Crippen LogP contribution in [0.15, 0.2) is 4.90 Å². The van der Waals surface area contributed by atoms with Crippen molar-refractivity contribution in [1.29, 1.82) is 0 Å². The summed E-state index contributed by atoms with van der Waals surface area (Å²) in [7, 11) is -1.69. The van der Waals surface area contributed by atoms with Gasteiger partial charge in [0, 0.05) is 24.5 Å². The minimum absolute atomic E-state index is 0.0558. The van der Waals surface area contributed by atoms with Crippen LogP contribution in [-0.2, 0) is 17.1 Å². The van der Waals surface area contributed by atoms with Crippen molar-refractivity contribution in [3.63, 3.8) is 0 Å². The quantitative estimate of drug-likeness (QED) is 0.784. The first-order valence-corrected chi connectivity index (χ1v) is 8.88. The zero-order valence-electron chi connectivity index (χ0n) is 12.0. The molecule has 0 radical (unpaired) electrons. The highest BCUT2D eigenvalue weighted by molar-refractivity contribution is 7.89. The number of aryl methyl sites for hydroxylation is 2. The van der Waals surface area contributed by atoms with E-state index in [2.05, 4.69) is 5.10 Å². The number of rotatable bonds is 2. The Kier molecular flexibility index (Phi) is 3.38. The summed E-state index contributed by atoms with van der Waals surface area (Å²) < 4.78 is 29.4. The lowest BCUT2D eigenvalue weighted by Crippen LogP contribution is -2.47. The van der Waals surface area contributed by atoms with Crippen molar-refractivity contribution >= 4 is 21.6 Å². The van der Waals surface area contributed by atoms with Gasteiger partial charge in [-0.25, -0.2) is 8.42 Å². The van der Waals surface area contributed by atoms with Gasteiger partial charge in [-0.15, -0.1) is 11.6 Å². The van der Waals surface area contributed by atoms with Crippen molar-refractivity contribution < 1.29 is 8.42 Å². The number of nitrogens with zero attached hydrogens (tertiary/aromatic N) is 3. The molecule has 0 amide bonds. The number of hydrogen-bond acceptors (Lipinski definition) is 3. The number of aromatic nitrogens is 2. The molecule has 1 aromatic heterocycles. The number of hydrogen-bond donors (Lipinski definition) is 0. The van der Waals surface area contributed by atoms with E-state index in [9.17, 15) is 8.42 Å². The van der Waals surface area contributed by atoms with E-state index in [1.165, 1.54) is 0 Å². The third-order valence-electron chi connectivity index (χ3n) is 4.59. The van der Waals surface area contributed by atoms with E-state index < -0.39 is 10.0 Å². The molecule has 0 spiro atoms. The lowest BCUT2D eigenvalue weighted by molar-refractivity contribution is 0.251. The Morgan fingerprint density at radius 1 is 1.20 bits per heavy atom. The molecule has 3 heterocycles. The Hall–Kier alpha value is -0.590. The topological polar surface area (TPSA) is 55.2 Å². The fraction of sp³-hybridized carbons (Fsp3) is 0.769. The maximum absolute atomic E-state index is 13.0. The van der Waals surface area contributed by atoms with Crippen molar-refractivity contribution in [2.45, 2.75) is 61.9 Å². The average Bonchev–Trinajstić information content (AvgIpc) is 2.76. The fourth-order valence-electron chi connectivity index (χ4n) is 3.69. The third-order valence-corrected chi connectivity index (χ3v) is 7.20. The van der Waals surface area contributed by atoms with E-state index in [0.29, 0.717) is 16.3 Å². The largest absolute Gasteiger partial charge is 0.271 e. The first-order valence-electron chi connectivity index (χ1n) is 7.00. The molecule has 5 nitrogen and oxygen atoms in total. The zero-order chi connectivity index (χ0) is 14.7. The fourth-order valence-corrected chi connectivity index (χ4v) is 6.40. The lowest BCUT2D eigenvalue weighted by Gasteiger charge is -2.35. The smallest absolute Gasteiger partial charge is 0.247 e. The Labute approximate surface area is 125 Å². The number of fused-ring (bicyclic) bond motifs is 2. The van der Waals surface area contributed by atoms with Crippen LogP contribution in [0.3, 0.4) is 0 Å². The van der Waals surface area contributed by atoms with E-state index in [4.69, 9.17) is 11.6 Å². The molecule has 2 atom stereocenters. The highest BCUT2D eigenvalue weighted by Gasteiger charge is 2.48. The van der Waals surface area contributed by atoms with Crippen LogP contribution in [-0.4, -0.2) is 40.0 Å². The van der Waals surface area contributed by atoms with Crippen LogP contribution >= 0.6 is 11.6 Å². The van der Waals surface area contributed by atoms with Gasteiger partial charge in [0.25, 0.3) is 0 Å². The lowest BCUT2D eigenvalue weighted by atomic mass is 10.1. The molecule has 2 fully saturated rings. The number of halogens is 1. The molecule has 2 aliphatic heterocycles. The van der Waals surface area contributed by atoms with E-state index in [1.807, 2.05) is 6.92 Å². The molecule has 0 aliphatic carbocycles. The first-order chi connectivity index (χ1) is 9.32. The predicted octanol–water partition coefficient (Wildman–Crippen LogP) is 1.96. The second kappa shape index (κ2) is 4.71. The van der Waals surface area contributed by atoms with Crippen LogP contribution in [0, 0.1) is 13.8 Å². The Balaban J connectivity index is 2.05. The van der Waals surface area contributed by atoms with Gasteiger partial charge in [-0.05, 0) is 39.5 Å². The summed E-state index contributed by atoms with van der Waals surface area (Å²) in [6.07, 6.45) is 3.36. The van der Waals surface area contributed by atoms with Crippen LogP contribution in [0.5, 0.6) is 0 Å². The molecular weight excluding hydrogens is 298 g/mol. The van der Waals surface area contributed by atoms with E-state index >= 15 is 0 Å². The normalized spacial score (nSPS) is 30.9. The van der Waals surface area contributed by atoms with Crippen LogP contribution in [0.25, 0.3) is 0 Å². The summed E-state index contributed by atoms with van der Waals surface area (Å²) in [4.78, 5) is 0.380. The van der Waals surface area contributed by atoms with Crippen molar-refractivity contribution in [2.24, 2.45) is 7.05 Å². The Morgan fingerprint density at radius 2 is 1.75 bits per heavy atom. The van der Waals surface area contributed by atoms with E-state index in [1.54, 1.807) is 23.0 Å². The monoisotopic (exact) mass is 317 g/mol. The molecule has 2 bridgehead atoms. The van der Waals surface area contributed by atoms with Crippen LogP contribution in [0.4, 0.5) is 0 Å². The van der Waals surface area contributed by atoms with Crippen LogP contribution < -0.4 is 0 Å². The molecular formula is C13H20ClN3O2S. The summed E-state index contributed by atoms with van der Waals surface area (Å²) in [5.74, 6) is 0. The van der Waals surface area contributed by atoms with E-state index in [-0.39, 0.29) is 17.5 Å². The predicted molar refractivity (Wildman–Crippen MR) is 77.4 cm³/mol. The Bertz CT molecular complexity index is 626. The van der Waals surface area contributed by atoms with Gasteiger partial charge >= 0.3 is 0 Å². The highest BCUT2D eigenvalue weighted by atomic mass is 35.5. The maximum atomic E-state index is 13.0. The SMILES string of the molecule is Cc1nn(C)c(C)c1S(=O)(=O)N1C2CCC1CC(Cl)C2. The number of piperidine rings is 1. The molecule has 1 aromatic rings. The summed E-state index contributed by atoms with van der Waals surface area (Å²) in [6, 6.07) is 0.112. The second-order valence-electron chi connectivity index (χ2n) is 5.91. The molecule has 7 heteroatoms. The maximum Gasteiger partial charge on any atom is 0.247 e. The highest BCUT2D eigenvalue weighted by Crippen LogP contribution is 2.42. The van der Waals surface area contributed by atoms with E-state index in [0.717, 1.165) is 25.7 Å².